The number of ketones is 1. The predicted molar refractivity (Wildman–Crippen MR) is 74.0 cm³/mol. The average Bonchev–Trinajstić information content (AvgIpc) is 2.92. The Morgan fingerprint density at radius 3 is 3.00 bits per heavy atom. The zero-order chi connectivity index (χ0) is 13.9. The largest absolute Gasteiger partial charge is 0.496 e. The quantitative estimate of drug-likeness (QED) is 0.680. The van der Waals surface area contributed by atoms with Gasteiger partial charge in [-0.3, -0.25) is 9.78 Å². The third kappa shape index (κ3) is 2.14. The summed E-state index contributed by atoms with van der Waals surface area (Å²) in [4.78, 5) is 16.5. The summed E-state index contributed by atoms with van der Waals surface area (Å²) in [5, 5.41) is 4.15. The lowest BCUT2D eigenvalue weighted by Gasteiger charge is -2.06. The van der Waals surface area contributed by atoms with Crippen LogP contribution < -0.4 is 4.74 Å². The number of hydrogen-bond acceptors (Lipinski definition) is 4. The fraction of sp³-hybridized carbons (Fsp3) is 0.133. The van der Waals surface area contributed by atoms with Gasteiger partial charge in [-0.25, -0.2) is 4.52 Å². The molecule has 0 unspecified atom stereocenters. The molecule has 0 aliphatic heterocycles. The summed E-state index contributed by atoms with van der Waals surface area (Å²) >= 11 is 0. The van der Waals surface area contributed by atoms with E-state index < -0.39 is 0 Å². The summed E-state index contributed by atoms with van der Waals surface area (Å²) in [6, 6.07) is 7.51. The molecule has 0 N–H and O–H groups in total. The third-order valence-electron chi connectivity index (χ3n) is 3.17. The SMILES string of the molecule is COc1ccccc1CC(=O)c1cnn2ccncc12. The van der Waals surface area contributed by atoms with E-state index in [1.165, 1.54) is 0 Å². The van der Waals surface area contributed by atoms with E-state index in [0.717, 1.165) is 11.3 Å². The first kappa shape index (κ1) is 12.3. The van der Waals surface area contributed by atoms with Crippen LogP contribution in [0.1, 0.15) is 15.9 Å². The maximum Gasteiger partial charge on any atom is 0.171 e. The molecule has 0 fully saturated rings. The van der Waals surface area contributed by atoms with Crippen molar-refractivity contribution in [3.63, 3.8) is 0 Å². The lowest BCUT2D eigenvalue weighted by atomic mass is 10.0. The highest BCUT2D eigenvalue weighted by Gasteiger charge is 2.15. The molecule has 0 saturated carbocycles. The van der Waals surface area contributed by atoms with Gasteiger partial charge in [-0.2, -0.15) is 5.10 Å². The number of hydrogen-bond donors (Lipinski definition) is 0. The first-order valence-corrected chi connectivity index (χ1v) is 6.22. The van der Waals surface area contributed by atoms with E-state index in [2.05, 4.69) is 10.1 Å². The number of rotatable bonds is 4. The number of nitrogens with zero attached hydrogens (tertiary/aromatic N) is 3. The molecule has 0 radical (unpaired) electrons. The van der Waals surface area contributed by atoms with Crippen molar-refractivity contribution < 1.29 is 9.53 Å². The highest BCUT2D eigenvalue weighted by molar-refractivity contribution is 6.03. The van der Waals surface area contributed by atoms with Gasteiger partial charge in [0, 0.05) is 24.4 Å². The van der Waals surface area contributed by atoms with Crippen LogP contribution in [0, 0.1) is 0 Å². The van der Waals surface area contributed by atoms with Crippen molar-refractivity contribution in [1.82, 2.24) is 14.6 Å². The number of aromatic nitrogens is 3. The molecule has 0 bridgehead atoms. The molecule has 2 aromatic heterocycles. The molecule has 20 heavy (non-hydrogen) atoms. The standard InChI is InChI=1S/C15H13N3O2/c1-20-15-5-3-2-4-11(15)8-14(19)12-9-17-18-7-6-16-10-13(12)18/h2-7,9-10H,8H2,1H3. The molecule has 2 heterocycles. The van der Waals surface area contributed by atoms with Gasteiger partial charge in [-0.05, 0) is 6.07 Å². The van der Waals surface area contributed by atoms with Crippen LogP contribution in [0.15, 0.2) is 49.1 Å². The first-order chi connectivity index (χ1) is 9.79. The third-order valence-corrected chi connectivity index (χ3v) is 3.17. The van der Waals surface area contributed by atoms with Crippen LogP contribution in [0.3, 0.4) is 0 Å². The van der Waals surface area contributed by atoms with Crippen molar-refractivity contribution in [1.29, 1.82) is 0 Å². The summed E-state index contributed by atoms with van der Waals surface area (Å²) in [5.74, 6) is 0.716. The molecule has 100 valence electrons. The minimum atomic E-state index is -0.00231. The second kappa shape index (κ2) is 5.13. The highest BCUT2D eigenvalue weighted by Crippen LogP contribution is 2.20. The lowest BCUT2D eigenvalue weighted by Crippen LogP contribution is -2.04. The fourth-order valence-electron chi connectivity index (χ4n) is 2.17. The number of ether oxygens (including phenoxy) is 1. The molecular formula is C15H13N3O2. The van der Waals surface area contributed by atoms with Crippen LogP contribution in [0.25, 0.3) is 5.52 Å². The molecule has 0 aliphatic rings. The van der Waals surface area contributed by atoms with E-state index >= 15 is 0 Å². The second-order valence-corrected chi connectivity index (χ2v) is 4.38. The normalized spacial score (nSPS) is 10.7. The van der Waals surface area contributed by atoms with Gasteiger partial charge in [0.1, 0.15) is 5.75 Å². The highest BCUT2D eigenvalue weighted by atomic mass is 16.5. The Morgan fingerprint density at radius 1 is 1.30 bits per heavy atom. The Bertz CT molecular complexity index is 764. The molecule has 0 atom stereocenters. The molecule has 0 aliphatic carbocycles. The van der Waals surface area contributed by atoms with Crippen molar-refractivity contribution in [2.24, 2.45) is 0 Å². The predicted octanol–water partition coefficient (Wildman–Crippen LogP) is 2.16. The topological polar surface area (TPSA) is 56.5 Å². The Labute approximate surface area is 115 Å². The molecule has 3 rings (SSSR count). The van der Waals surface area contributed by atoms with E-state index in [4.69, 9.17) is 4.74 Å². The van der Waals surface area contributed by atoms with Crippen molar-refractivity contribution in [3.8, 4) is 5.75 Å². The van der Waals surface area contributed by atoms with E-state index in [1.807, 2.05) is 24.3 Å². The van der Waals surface area contributed by atoms with Crippen molar-refractivity contribution >= 4 is 11.3 Å². The molecule has 1 aromatic carbocycles. The van der Waals surface area contributed by atoms with E-state index in [-0.39, 0.29) is 12.2 Å². The van der Waals surface area contributed by atoms with E-state index in [1.54, 1.807) is 36.4 Å². The minimum absolute atomic E-state index is 0.00231. The first-order valence-electron chi connectivity index (χ1n) is 6.22. The van der Waals surface area contributed by atoms with Crippen LogP contribution >= 0.6 is 0 Å². The monoisotopic (exact) mass is 267 g/mol. The van der Waals surface area contributed by atoms with Gasteiger partial charge in [-0.1, -0.05) is 18.2 Å². The Morgan fingerprint density at radius 2 is 2.15 bits per heavy atom. The molecule has 3 aromatic rings. The van der Waals surface area contributed by atoms with Crippen molar-refractivity contribution in [3.05, 3.63) is 60.2 Å². The fourth-order valence-corrected chi connectivity index (χ4v) is 2.17. The van der Waals surface area contributed by atoms with Gasteiger partial charge in [-0.15, -0.1) is 0 Å². The van der Waals surface area contributed by atoms with Crippen LogP contribution in [0.4, 0.5) is 0 Å². The second-order valence-electron chi connectivity index (χ2n) is 4.38. The number of carbonyl (C=O) groups excluding carboxylic acids is 1. The number of fused-ring (bicyclic) bond motifs is 1. The summed E-state index contributed by atoms with van der Waals surface area (Å²) in [5.41, 5.74) is 2.15. The Balaban J connectivity index is 1.93. The summed E-state index contributed by atoms with van der Waals surface area (Å²) in [6.07, 6.45) is 6.85. The van der Waals surface area contributed by atoms with Gasteiger partial charge in [0.2, 0.25) is 0 Å². The molecule has 0 spiro atoms. The van der Waals surface area contributed by atoms with Crippen LogP contribution in [-0.2, 0) is 6.42 Å². The number of methoxy groups -OCH3 is 1. The molecule has 0 saturated heterocycles. The maximum absolute atomic E-state index is 12.4. The van der Waals surface area contributed by atoms with Gasteiger partial charge in [0.15, 0.2) is 5.78 Å². The summed E-state index contributed by atoms with van der Waals surface area (Å²) in [7, 11) is 1.60. The summed E-state index contributed by atoms with van der Waals surface area (Å²) in [6.45, 7) is 0. The van der Waals surface area contributed by atoms with Crippen molar-refractivity contribution in [2.75, 3.05) is 7.11 Å². The Hall–Kier alpha value is -2.69. The van der Waals surface area contributed by atoms with Gasteiger partial charge >= 0.3 is 0 Å². The van der Waals surface area contributed by atoms with Crippen LogP contribution in [-0.4, -0.2) is 27.5 Å². The number of Topliss-reactive ketones (excluding diaryl/α,β-unsaturated/α-hetero) is 1. The summed E-state index contributed by atoms with van der Waals surface area (Å²) < 4.78 is 6.91. The molecule has 5 heteroatoms. The lowest BCUT2D eigenvalue weighted by molar-refractivity contribution is 0.0993. The zero-order valence-corrected chi connectivity index (χ0v) is 11.0. The Kier molecular flexibility index (Phi) is 3.16. The van der Waals surface area contributed by atoms with E-state index in [9.17, 15) is 4.79 Å². The minimum Gasteiger partial charge on any atom is -0.496 e. The van der Waals surface area contributed by atoms with Crippen molar-refractivity contribution in [2.45, 2.75) is 6.42 Å². The molecular weight excluding hydrogens is 254 g/mol. The molecule has 5 nitrogen and oxygen atoms in total. The van der Waals surface area contributed by atoms with Gasteiger partial charge in [0.05, 0.1) is 30.6 Å². The van der Waals surface area contributed by atoms with Gasteiger partial charge in [0.25, 0.3) is 0 Å². The number of carbonyl (C=O) groups is 1. The van der Waals surface area contributed by atoms with E-state index in [0.29, 0.717) is 11.1 Å². The van der Waals surface area contributed by atoms with Crippen LogP contribution in [0.5, 0.6) is 5.75 Å². The van der Waals surface area contributed by atoms with Gasteiger partial charge < -0.3 is 4.74 Å². The maximum atomic E-state index is 12.4. The smallest absolute Gasteiger partial charge is 0.171 e. The average molecular weight is 267 g/mol. The zero-order valence-electron chi connectivity index (χ0n) is 11.0. The van der Waals surface area contributed by atoms with Crippen LogP contribution in [0.2, 0.25) is 0 Å². The number of benzene rings is 1. The molecule has 0 amide bonds. The number of para-hydroxylation sites is 1.